The lowest BCUT2D eigenvalue weighted by atomic mass is 10.0. The Morgan fingerprint density at radius 2 is 1.89 bits per heavy atom. The van der Waals surface area contributed by atoms with Crippen LogP contribution in [-0.2, 0) is 0 Å². The highest BCUT2D eigenvalue weighted by atomic mass is 16.6. The second-order valence-electron chi connectivity index (χ2n) is 4.33. The van der Waals surface area contributed by atoms with E-state index in [9.17, 15) is 10.1 Å². The van der Waals surface area contributed by atoms with E-state index in [2.05, 4.69) is 10.2 Å². The first-order valence-electron chi connectivity index (χ1n) is 5.86. The molecule has 5 nitrogen and oxygen atoms in total. The Bertz CT molecular complexity index is 763. The zero-order valence-electron chi connectivity index (χ0n) is 10.3. The number of fused-ring (bicyclic) bond motifs is 1. The second-order valence-corrected chi connectivity index (χ2v) is 4.33. The lowest BCUT2D eigenvalue weighted by Crippen LogP contribution is -1.93. The van der Waals surface area contributed by atoms with Crippen molar-refractivity contribution in [3.63, 3.8) is 0 Å². The van der Waals surface area contributed by atoms with Gasteiger partial charge in [0.1, 0.15) is 0 Å². The number of hydrogen-bond donors (Lipinski definition) is 1. The van der Waals surface area contributed by atoms with Crippen molar-refractivity contribution in [2.75, 3.05) is 0 Å². The predicted molar refractivity (Wildman–Crippen MR) is 72.9 cm³/mol. The van der Waals surface area contributed by atoms with Gasteiger partial charge in [-0.15, -0.1) is 0 Å². The van der Waals surface area contributed by atoms with Crippen LogP contribution >= 0.6 is 0 Å². The number of aryl methyl sites for hydroxylation is 1. The normalized spacial score (nSPS) is 10.8. The maximum Gasteiger partial charge on any atom is 0.305 e. The van der Waals surface area contributed by atoms with Gasteiger partial charge in [0.15, 0.2) is 5.52 Å². The van der Waals surface area contributed by atoms with E-state index in [-0.39, 0.29) is 10.6 Å². The van der Waals surface area contributed by atoms with E-state index in [1.54, 1.807) is 6.07 Å². The molecule has 5 heteroatoms. The van der Waals surface area contributed by atoms with Crippen LogP contribution < -0.4 is 0 Å². The van der Waals surface area contributed by atoms with Crippen molar-refractivity contribution in [2.24, 2.45) is 0 Å². The average molecular weight is 253 g/mol. The van der Waals surface area contributed by atoms with E-state index < -0.39 is 0 Å². The average Bonchev–Trinajstić information content (AvgIpc) is 2.80. The van der Waals surface area contributed by atoms with Gasteiger partial charge in [-0.25, -0.2) is 0 Å². The van der Waals surface area contributed by atoms with Gasteiger partial charge in [0.2, 0.25) is 0 Å². The fraction of sp³-hybridized carbons (Fsp3) is 0.0714. The molecule has 1 heterocycles. The number of benzene rings is 2. The molecular weight excluding hydrogens is 242 g/mol. The van der Waals surface area contributed by atoms with Gasteiger partial charge in [-0.05, 0) is 24.6 Å². The number of rotatable bonds is 2. The summed E-state index contributed by atoms with van der Waals surface area (Å²) >= 11 is 0. The number of nitro benzene ring substituents is 1. The summed E-state index contributed by atoms with van der Waals surface area (Å²) < 4.78 is 0. The SMILES string of the molecule is Cc1[nH]nc2c([N+](=O)[O-])c(-c3ccccc3)ccc12. The smallest absolute Gasteiger partial charge is 0.281 e. The summed E-state index contributed by atoms with van der Waals surface area (Å²) in [6.45, 7) is 1.85. The summed E-state index contributed by atoms with van der Waals surface area (Å²) in [5, 5.41) is 19.0. The summed E-state index contributed by atoms with van der Waals surface area (Å²) in [4.78, 5) is 11.0. The van der Waals surface area contributed by atoms with E-state index in [0.717, 1.165) is 16.6 Å². The molecule has 0 aliphatic heterocycles. The monoisotopic (exact) mass is 253 g/mol. The van der Waals surface area contributed by atoms with E-state index >= 15 is 0 Å². The summed E-state index contributed by atoms with van der Waals surface area (Å²) in [6, 6.07) is 13.0. The molecule has 1 N–H and O–H groups in total. The van der Waals surface area contributed by atoms with Crippen molar-refractivity contribution in [3.8, 4) is 11.1 Å². The molecule has 2 aromatic carbocycles. The van der Waals surface area contributed by atoms with Gasteiger partial charge in [0.05, 0.1) is 10.5 Å². The van der Waals surface area contributed by atoms with Crippen LogP contribution in [0.4, 0.5) is 5.69 Å². The molecule has 0 saturated carbocycles. The van der Waals surface area contributed by atoms with Gasteiger partial charge < -0.3 is 0 Å². The summed E-state index contributed by atoms with van der Waals surface area (Å²) in [5.74, 6) is 0. The number of hydrogen-bond acceptors (Lipinski definition) is 3. The van der Waals surface area contributed by atoms with Crippen molar-refractivity contribution in [1.82, 2.24) is 10.2 Å². The largest absolute Gasteiger partial charge is 0.305 e. The number of nitrogens with zero attached hydrogens (tertiary/aromatic N) is 2. The Kier molecular flexibility index (Phi) is 2.52. The van der Waals surface area contributed by atoms with E-state index in [4.69, 9.17) is 0 Å². The van der Waals surface area contributed by atoms with Crippen molar-refractivity contribution < 1.29 is 4.92 Å². The van der Waals surface area contributed by atoms with Gasteiger partial charge in [-0.3, -0.25) is 15.2 Å². The maximum absolute atomic E-state index is 11.4. The van der Waals surface area contributed by atoms with Crippen molar-refractivity contribution >= 4 is 16.6 Å². The highest BCUT2D eigenvalue weighted by molar-refractivity contribution is 5.96. The highest BCUT2D eigenvalue weighted by Crippen LogP contribution is 2.36. The Hall–Kier alpha value is -2.69. The van der Waals surface area contributed by atoms with Crippen LogP contribution in [0.5, 0.6) is 0 Å². The Morgan fingerprint density at radius 1 is 1.16 bits per heavy atom. The fourth-order valence-corrected chi connectivity index (χ4v) is 2.23. The molecule has 19 heavy (non-hydrogen) atoms. The van der Waals surface area contributed by atoms with Gasteiger partial charge in [0, 0.05) is 11.1 Å². The third kappa shape index (κ3) is 1.76. The van der Waals surface area contributed by atoms with Crippen molar-refractivity contribution in [1.29, 1.82) is 0 Å². The summed E-state index contributed by atoms with van der Waals surface area (Å²) in [5.41, 5.74) is 2.69. The number of nitro groups is 1. The zero-order valence-corrected chi connectivity index (χ0v) is 10.3. The number of aromatic nitrogens is 2. The molecule has 0 saturated heterocycles. The highest BCUT2D eigenvalue weighted by Gasteiger charge is 2.22. The van der Waals surface area contributed by atoms with Gasteiger partial charge >= 0.3 is 5.69 Å². The number of H-pyrrole nitrogens is 1. The first-order chi connectivity index (χ1) is 9.18. The minimum atomic E-state index is -0.370. The van der Waals surface area contributed by atoms with Crippen molar-refractivity contribution in [2.45, 2.75) is 6.92 Å². The molecule has 0 unspecified atom stereocenters. The molecule has 1 aromatic heterocycles. The topological polar surface area (TPSA) is 71.8 Å². The molecular formula is C14H11N3O2. The standard InChI is InChI=1S/C14H11N3O2/c1-9-11-7-8-12(10-5-3-2-4-6-10)14(17(18)19)13(11)16-15-9/h2-8H,1H3,(H,15,16). The first kappa shape index (κ1) is 11.4. The second kappa shape index (κ2) is 4.20. The molecule has 3 rings (SSSR count). The number of aromatic amines is 1. The molecule has 3 aromatic rings. The third-order valence-corrected chi connectivity index (χ3v) is 3.16. The molecule has 0 aliphatic rings. The van der Waals surface area contributed by atoms with Crippen LogP contribution in [0.3, 0.4) is 0 Å². The van der Waals surface area contributed by atoms with Gasteiger partial charge in [-0.2, -0.15) is 5.10 Å². The van der Waals surface area contributed by atoms with Crippen LogP contribution in [0.2, 0.25) is 0 Å². The van der Waals surface area contributed by atoms with Crippen LogP contribution in [0, 0.1) is 17.0 Å². The molecule has 0 fully saturated rings. The molecule has 0 atom stereocenters. The Labute approximate surface area is 109 Å². The number of nitrogens with one attached hydrogen (secondary N) is 1. The Balaban J connectivity index is 2.37. The molecule has 0 spiro atoms. The van der Waals surface area contributed by atoms with Gasteiger partial charge in [0.25, 0.3) is 0 Å². The van der Waals surface area contributed by atoms with E-state index in [1.807, 2.05) is 43.3 Å². The minimum Gasteiger partial charge on any atom is -0.281 e. The maximum atomic E-state index is 11.4. The third-order valence-electron chi connectivity index (χ3n) is 3.16. The van der Waals surface area contributed by atoms with Crippen LogP contribution in [-0.4, -0.2) is 15.1 Å². The lowest BCUT2D eigenvalue weighted by molar-refractivity contribution is -0.382. The summed E-state index contributed by atoms with van der Waals surface area (Å²) in [6.07, 6.45) is 0. The van der Waals surface area contributed by atoms with Crippen molar-refractivity contribution in [3.05, 3.63) is 58.3 Å². The quantitative estimate of drug-likeness (QED) is 0.561. The first-order valence-corrected chi connectivity index (χ1v) is 5.86. The summed E-state index contributed by atoms with van der Waals surface area (Å²) in [7, 11) is 0. The van der Waals surface area contributed by atoms with Crippen LogP contribution in [0.1, 0.15) is 5.69 Å². The minimum absolute atomic E-state index is 0.0491. The lowest BCUT2D eigenvalue weighted by Gasteiger charge is -2.03. The predicted octanol–water partition coefficient (Wildman–Crippen LogP) is 3.45. The molecule has 0 aliphatic carbocycles. The molecule has 0 bridgehead atoms. The van der Waals surface area contributed by atoms with E-state index in [0.29, 0.717) is 11.1 Å². The molecule has 0 radical (unpaired) electrons. The fourth-order valence-electron chi connectivity index (χ4n) is 2.23. The molecule has 0 amide bonds. The van der Waals surface area contributed by atoms with E-state index in [1.165, 1.54) is 0 Å². The van der Waals surface area contributed by atoms with Crippen LogP contribution in [0.25, 0.3) is 22.0 Å². The van der Waals surface area contributed by atoms with Crippen LogP contribution in [0.15, 0.2) is 42.5 Å². The Morgan fingerprint density at radius 3 is 2.58 bits per heavy atom. The zero-order chi connectivity index (χ0) is 13.4. The van der Waals surface area contributed by atoms with Gasteiger partial charge in [-0.1, -0.05) is 30.3 Å². The molecule has 94 valence electrons.